The van der Waals surface area contributed by atoms with E-state index in [1.54, 1.807) is 4.90 Å². The van der Waals surface area contributed by atoms with Crippen molar-refractivity contribution in [2.75, 3.05) is 11.9 Å². The maximum atomic E-state index is 12.4. The summed E-state index contributed by atoms with van der Waals surface area (Å²) in [5.74, 6) is -0.0376. The Morgan fingerprint density at radius 1 is 1.50 bits per heavy atom. The van der Waals surface area contributed by atoms with Crippen molar-refractivity contribution in [3.8, 4) is 0 Å². The third-order valence-electron chi connectivity index (χ3n) is 3.56. The summed E-state index contributed by atoms with van der Waals surface area (Å²) < 4.78 is 0.846. The number of hydrogen-bond acceptors (Lipinski definition) is 2. The molecule has 1 fully saturated rings. The highest BCUT2D eigenvalue weighted by Crippen LogP contribution is 2.24. The second kappa shape index (κ2) is 6.39. The summed E-state index contributed by atoms with van der Waals surface area (Å²) in [6.07, 6.45) is 2.02. The molecule has 0 aromatic heterocycles. The van der Waals surface area contributed by atoms with Crippen LogP contribution in [0.25, 0.3) is 0 Å². The minimum Gasteiger partial charge on any atom is -0.331 e. The number of hydrogen-bond donors (Lipinski definition) is 1. The molecular formula is C15H19BrN2O2. The first-order chi connectivity index (χ1) is 9.52. The molecule has 20 heavy (non-hydrogen) atoms. The van der Waals surface area contributed by atoms with Crippen LogP contribution in [-0.4, -0.2) is 29.3 Å². The second-order valence-electron chi connectivity index (χ2n) is 5.09. The standard InChI is InChI=1S/C15H19BrN2O2/c1-3-13(18-8-4-5-14(18)19)15(20)17-12-9-10(2)6-7-11(12)16/h6-7,9,13H,3-5,8H2,1-2H3,(H,17,20). The summed E-state index contributed by atoms with van der Waals surface area (Å²) in [4.78, 5) is 25.9. The quantitative estimate of drug-likeness (QED) is 0.916. The molecule has 0 bridgehead atoms. The zero-order valence-electron chi connectivity index (χ0n) is 11.8. The van der Waals surface area contributed by atoms with E-state index in [0.717, 1.165) is 22.1 Å². The van der Waals surface area contributed by atoms with Gasteiger partial charge in [-0.2, -0.15) is 0 Å². The predicted molar refractivity (Wildman–Crippen MR) is 82.5 cm³/mol. The zero-order chi connectivity index (χ0) is 14.7. The van der Waals surface area contributed by atoms with Crippen LogP contribution >= 0.6 is 15.9 Å². The highest BCUT2D eigenvalue weighted by Gasteiger charge is 2.31. The molecule has 1 aliphatic rings. The van der Waals surface area contributed by atoms with E-state index in [-0.39, 0.29) is 17.9 Å². The summed E-state index contributed by atoms with van der Waals surface area (Å²) in [5, 5.41) is 2.92. The zero-order valence-corrected chi connectivity index (χ0v) is 13.4. The minimum absolute atomic E-state index is 0.0790. The fourth-order valence-corrected chi connectivity index (χ4v) is 2.84. The number of likely N-dealkylation sites (tertiary alicyclic amines) is 1. The first-order valence-corrected chi connectivity index (χ1v) is 7.68. The van der Waals surface area contributed by atoms with Gasteiger partial charge in [-0.1, -0.05) is 13.0 Å². The molecule has 108 valence electrons. The van der Waals surface area contributed by atoms with Crippen LogP contribution in [0.4, 0.5) is 5.69 Å². The number of nitrogens with one attached hydrogen (secondary N) is 1. The lowest BCUT2D eigenvalue weighted by Crippen LogP contribution is -2.44. The molecule has 1 aromatic rings. The molecule has 0 saturated carbocycles. The monoisotopic (exact) mass is 338 g/mol. The van der Waals surface area contributed by atoms with Gasteiger partial charge in [0.1, 0.15) is 6.04 Å². The lowest BCUT2D eigenvalue weighted by Gasteiger charge is -2.26. The van der Waals surface area contributed by atoms with Gasteiger partial charge in [-0.3, -0.25) is 9.59 Å². The van der Waals surface area contributed by atoms with Crippen molar-refractivity contribution in [3.05, 3.63) is 28.2 Å². The number of aryl methyl sites for hydroxylation is 1. The molecule has 2 amide bonds. The van der Waals surface area contributed by atoms with E-state index in [2.05, 4.69) is 21.2 Å². The minimum atomic E-state index is -0.377. The molecule has 1 atom stereocenters. The molecule has 1 heterocycles. The number of rotatable bonds is 4. The second-order valence-corrected chi connectivity index (χ2v) is 5.94. The lowest BCUT2D eigenvalue weighted by molar-refractivity contribution is -0.135. The third-order valence-corrected chi connectivity index (χ3v) is 4.25. The highest BCUT2D eigenvalue weighted by molar-refractivity contribution is 9.10. The smallest absolute Gasteiger partial charge is 0.247 e. The lowest BCUT2D eigenvalue weighted by atomic mass is 10.1. The van der Waals surface area contributed by atoms with E-state index >= 15 is 0 Å². The molecule has 0 radical (unpaired) electrons. The van der Waals surface area contributed by atoms with Gasteiger partial charge in [-0.15, -0.1) is 0 Å². The van der Waals surface area contributed by atoms with E-state index < -0.39 is 0 Å². The van der Waals surface area contributed by atoms with Crippen molar-refractivity contribution < 1.29 is 9.59 Å². The van der Waals surface area contributed by atoms with E-state index in [1.807, 2.05) is 32.0 Å². The van der Waals surface area contributed by atoms with Gasteiger partial charge in [0.2, 0.25) is 11.8 Å². The summed E-state index contributed by atoms with van der Waals surface area (Å²) >= 11 is 3.43. The van der Waals surface area contributed by atoms with Crippen LogP contribution < -0.4 is 5.32 Å². The summed E-state index contributed by atoms with van der Waals surface area (Å²) in [6, 6.07) is 5.42. The first-order valence-electron chi connectivity index (χ1n) is 6.89. The Morgan fingerprint density at radius 3 is 2.85 bits per heavy atom. The van der Waals surface area contributed by atoms with Crippen molar-refractivity contribution >= 4 is 33.4 Å². The van der Waals surface area contributed by atoms with E-state index in [4.69, 9.17) is 0 Å². The Bertz CT molecular complexity index is 531. The number of carbonyl (C=O) groups excluding carboxylic acids is 2. The normalized spacial score (nSPS) is 16.4. The molecule has 1 unspecified atom stereocenters. The average molecular weight is 339 g/mol. The molecule has 1 aliphatic heterocycles. The number of amides is 2. The van der Waals surface area contributed by atoms with Gasteiger partial charge >= 0.3 is 0 Å². The summed E-state index contributed by atoms with van der Waals surface area (Å²) in [6.45, 7) is 4.59. The van der Waals surface area contributed by atoms with E-state index in [9.17, 15) is 9.59 Å². The number of anilines is 1. The van der Waals surface area contributed by atoms with Crippen LogP contribution in [0.2, 0.25) is 0 Å². The number of benzene rings is 1. The fourth-order valence-electron chi connectivity index (χ4n) is 2.50. The SMILES string of the molecule is CCC(C(=O)Nc1cc(C)ccc1Br)N1CCCC1=O. The molecule has 5 heteroatoms. The van der Waals surface area contributed by atoms with Crippen LogP contribution in [0, 0.1) is 6.92 Å². The molecule has 2 rings (SSSR count). The van der Waals surface area contributed by atoms with Crippen LogP contribution in [0.3, 0.4) is 0 Å². The van der Waals surface area contributed by atoms with Gasteiger partial charge in [0.05, 0.1) is 5.69 Å². The Kier molecular flexibility index (Phi) is 4.81. The number of halogens is 1. The molecule has 4 nitrogen and oxygen atoms in total. The molecule has 0 spiro atoms. The molecular weight excluding hydrogens is 320 g/mol. The Balaban J connectivity index is 2.13. The Morgan fingerprint density at radius 2 is 2.25 bits per heavy atom. The molecule has 0 aliphatic carbocycles. The van der Waals surface area contributed by atoms with Crippen LogP contribution in [-0.2, 0) is 9.59 Å². The fraction of sp³-hybridized carbons (Fsp3) is 0.467. The van der Waals surface area contributed by atoms with Crippen molar-refractivity contribution in [1.29, 1.82) is 0 Å². The number of carbonyl (C=O) groups is 2. The van der Waals surface area contributed by atoms with Crippen LogP contribution in [0.15, 0.2) is 22.7 Å². The first kappa shape index (κ1) is 15.0. The van der Waals surface area contributed by atoms with Crippen molar-refractivity contribution in [1.82, 2.24) is 4.90 Å². The Hall–Kier alpha value is -1.36. The van der Waals surface area contributed by atoms with Gasteiger partial charge in [0.25, 0.3) is 0 Å². The van der Waals surface area contributed by atoms with Crippen LogP contribution in [0.5, 0.6) is 0 Å². The maximum absolute atomic E-state index is 12.4. The highest BCUT2D eigenvalue weighted by atomic mass is 79.9. The Labute approximate surface area is 127 Å². The topological polar surface area (TPSA) is 49.4 Å². The summed E-state index contributed by atoms with van der Waals surface area (Å²) in [7, 11) is 0. The summed E-state index contributed by atoms with van der Waals surface area (Å²) in [5.41, 5.74) is 1.83. The van der Waals surface area contributed by atoms with E-state index in [1.165, 1.54) is 0 Å². The number of nitrogens with zero attached hydrogens (tertiary/aromatic N) is 1. The van der Waals surface area contributed by atoms with Crippen molar-refractivity contribution in [2.24, 2.45) is 0 Å². The van der Waals surface area contributed by atoms with Gasteiger partial charge in [0, 0.05) is 17.4 Å². The van der Waals surface area contributed by atoms with Crippen LogP contribution in [0.1, 0.15) is 31.7 Å². The molecule has 1 aromatic carbocycles. The van der Waals surface area contributed by atoms with Gasteiger partial charge in [-0.25, -0.2) is 0 Å². The van der Waals surface area contributed by atoms with Gasteiger partial charge in [-0.05, 0) is 53.4 Å². The molecule has 1 N–H and O–H groups in total. The largest absolute Gasteiger partial charge is 0.331 e. The third kappa shape index (κ3) is 3.20. The van der Waals surface area contributed by atoms with Gasteiger partial charge in [0.15, 0.2) is 0 Å². The predicted octanol–water partition coefficient (Wildman–Crippen LogP) is 3.10. The maximum Gasteiger partial charge on any atom is 0.247 e. The van der Waals surface area contributed by atoms with Gasteiger partial charge < -0.3 is 10.2 Å². The van der Waals surface area contributed by atoms with E-state index in [0.29, 0.717) is 19.4 Å². The average Bonchev–Trinajstić information content (AvgIpc) is 2.81. The van der Waals surface area contributed by atoms with Crippen molar-refractivity contribution in [2.45, 2.75) is 39.2 Å². The van der Waals surface area contributed by atoms with Crippen molar-refractivity contribution in [3.63, 3.8) is 0 Å². The molecule has 1 saturated heterocycles.